The maximum absolute atomic E-state index is 12.5. The van der Waals surface area contributed by atoms with Gasteiger partial charge < -0.3 is 10.5 Å². The van der Waals surface area contributed by atoms with Crippen molar-refractivity contribution in [2.24, 2.45) is 0 Å². The van der Waals surface area contributed by atoms with Crippen LogP contribution in [-0.2, 0) is 0 Å². The fourth-order valence-electron chi connectivity index (χ4n) is 3.01. The van der Waals surface area contributed by atoms with Crippen LogP contribution in [0.3, 0.4) is 0 Å². The molecule has 0 aliphatic carbocycles. The first-order valence-corrected chi connectivity index (χ1v) is 8.06. The maximum Gasteiger partial charge on any atom is 0.262 e. The van der Waals surface area contributed by atoms with Crippen molar-refractivity contribution in [2.45, 2.75) is 6.92 Å². The normalized spacial score (nSPS) is 12.6. The summed E-state index contributed by atoms with van der Waals surface area (Å²) >= 11 is 0. The van der Waals surface area contributed by atoms with E-state index in [2.05, 4.69) is 10.3 Å². The third kappa shape index (κ3) is 2.73. The standard InChI is InChI=1S/C19H14N4O4/c1-10-7-11(27-12-3-2-6-21-9-12)4-5-14(10)23-15(24)8-13-16(17(23)20)19(26)22-18(13)25/h2-9H,20H2,1H3,(H,22,25,26). The molecule has 8 nitrogen and oxygen atoms in total. The number of aromatic nitrogens is 2. The number of nitrogens with one attached hydrogen (secondary N) is 1. The van der Waals surface area contributed by atoms with Crippen LogP contribution in [0, 0.1) is 6.92 Å². The highest BCUT2D eigenvalue weighted by Crippen LogP contribution is 2.28. The molecule has 0 saturated carbocycles. The summed E-state index contributed by atoms with van der Waals surface area (Å²) in [4.78, 5) is 40.3. The second-order valence-corrected chi connectivity index (χ2v) is 6.01. The Labute approximate surface area is 153 Å². The Balaban J connectivity index is 1.79. The number of carbonyl (C=O) groups is 2. The lowest BCUT2D eigenvalue weighted by Gasteiger charge is -2.15. The summed E-state index contributed by atoms with van der Waals surface area (Å²) in [6, 6.07) is 9.74. The molecule has 134 valence electrons. The van der Waals surface area contributed by atoms with E-state index in [9.17, 15) is 14.4 Å². The Morgan fingerprint density at radius 3 is 2.59 bits per heavy atom. The van der Waals surface area contributed by atoms with Gasteiger partial charge in [-0.05, 0) is 42.8 Å². The number of anilines is 1. The number of nitrogen functional groups attached to an aromatic ring is 1. The third-order valence-corrected chi connectivity index (χ3v) is 4.23. The molecule has 3 heterocycles. The lowest BCUT2D eigenvalue weighted by molar-refractivity contribution is 0.0880. The quantitative estimate of drug-likeness (QED) is 0.686. The monoisotopic (exact) mass is 362 g/mol. The minimum atomic E-state index is -0.622. The van der Waals surface area contributed by atoms with E-state index < -0.39 is 17.4 Å². The topological polar surface area (TPSA) is 116 Å². The van der Waals surface area contributed by atoms with Gasteiger partial charge in [-0.25, -0.2) is 0 Å². The van der Waals surface area contributed by atoms with Crippen molar-refractivity contribution in [3.63, 3.8) is 0 Å². The van der Waals surface area contributed by atoms with Gasteiger partial charge in [-0.1, -0.05) is 0 Å². The number of aryl methyl sites for hydroxylation is 1. The van der Waals surface area contributed by atoms with Crippen molar-refractivity contribution in [3.05, 3.63) is 75.8 Å². The van der Waals surface area contributed by atoms with Gasteiger partial charge in [-0.2, -0.15) is 0 Å². The van der Waals surface area contributed by atoms with E-state index in [4.69, 9.17) is 10.5 Å². The SMILES string of the molecule is Cc1cc(Oc2cccnc2)ccc1-n1c(N)c2c(cc1=O)C(=O)NC2=O. The molecule has 0 bridgehead atoms. The van der Waals surface area contributed by atoms with E-state index in [-0.39, 0.29) is 16.9 Å². The molecule has 0 spiro atoms. The van der Waals surface area contributed by atoms with Crippen LogP contribution in [0.25, 0.3) is 5.69 Å². The van der Waals surface area contributed by atoms with Crippen LogP contribution in [0.15, 0.2) is 53.6 Å². The van der Waals surface area contributed by atoms with Gasteiger partial charge >= 0.3 is 0 Å². The van der Waals surface area contributed by atoms with Crippen LogP contribution in [0.4, 0.5) is 5.82 Å². The minimum Gasteiger partial charge on any atom is -0.456 e. The van der Waals surface area contributed by atoms with Gasteiger partial charge in [0, 0.05) is 12.3 Å². The smallest absolute Gasteiger partial charge is 0.262 e. The fourth-order valence-corrected chi connectivity index (χ4v) is 3.01. The first kappa shape index (κ1) is 16.5. The summed E-state index contributed by atoms with van der Waals surface area (Å²) in [7, 11) is 0. The van der Waals surface area contributed by atoms with Gasteiger partial charge in [0.15, 0.2) is 0 Å². The van der Waals surface area contributed by atoms with Crippen molar-refractivity contribution in [2.75, 3.05) is 5.73 Å². The Hall–Kier alpha value is -3.94. The molecule has 0 atom stereocenters. The predicted octanol–water partition coefficient (Wildman–Crippen LogP) is 1.80. The van der Waals surface area contributed by atoms with E-state index >= 15 is 0 Å². The second kappa shape index (κ2) is 6.10. The van der Waals surface area contributed by atoms with Gasteiger partial charge in [0.2, 0.25) is 0 Å². The van der Waals surface area contributed by atoms with Crippen LogP contribution >= 0.6 is 0 Å². The molecular weight excluding hydrogens is 348 g/mol. The number of benzene rings is 1. The number of carbonyl (C=O) groups excluding carboxylic acids is 2. The predicted molar refractivity (Wildman–Crippen MR) is 97.3 cm³/mol. The van der Waals surface area contributed by atoms with E-state index in [1.165, 1.54) is 4.57 Å². The minimum absolute atomic E-state index is 0.00654. The molecule has 27 heavy (non-hydrogen) atoms. The second-order valence-electron chi connectivity index (χ2n) is 6.01. The molecule has 0 saturated heterocycles. The number of ether oxygens (including phenoxy) is 1. The van der Waals surface area contributed by atoms with Crippen LogP contribution in [-0.4, -0.2) is 21.4 Å². The number of hydrogen-bond acceptors (Lipinski definition) is 6. The number of nitrogens with two attached hydrogens (primary N) is 1. The number of imide groups is 1. The van der Waals surface area contributed by atoms with Crippen molar-refractivity contribution < 1.29 is 14.3 Å². The average Bonchev–Trinajstić information content (AvgIpc) is 2.91. The first-order valence-electron chi connectivity index (χ1n) is 8.06. The number of amides is 2. The number of rotatable bonds is 3. The number of fused-ring (bicyclic) bond motifs is 1. The van der Waals surface area contributed by atoms with Crippen LogP contribution < -0.4 is 21.3 Å². The number of hydrogen-bond donors (Lipinski definition) is 2. The summed E-state index contributed by atoms with van der Waals surface area (Å²) in [5.74, 6) is -0.179. The summed E-state index contributed by atoms with van der Waals surface area (Å²) in [5, 5.41) is 2.14. The molecule has 0 radical (unpaired) electrons. The Kier molecular flexibility index (Phi) is 3.73. The molecule has 3 N–H and O–H groups in total. The molecule has 1 aliphatic heterocycles. The Bertz CT molecular complexity index is 1150. The van der Waals surface area contributed by atoms with Crippen molar-refractivity contribution in [1.29, 1.82) is 0 Å². The first-order chi connectivity index (χ1) is 13.0. The summed E-state index contributed by atoms with van der Waals surface area (Å²) in [5.41, 5.74) is 6.76. The zero-order chi connectivity index (χ0) is 19.1. The van der Waals surface area contributed by atoms with Gasteiger partial charge in [-0.15, -0.1) is 0 Å². The van der Waals surface area contributed by atoms with E-state index in [0.717, 1.165) is 6.07 Å². The third-order valence-electron chi connectivity index (χ3n) is 4.23. The van der Waals surface area contributed by atoms with Gasteiger partial charge in [0.1, 0.15) is 17.3 Å². The van der Waals surface area contributed by atoms with Crippen LogP contribution in [0.1, 0.15) is 26.3 Å². The zero-order valence-electron chi connectivity index (χ0n) is 14.2. The molecule has 1 aromatic carbocycles. The molecule has 0 unspecified atom stereocenters. The van der Waals surface area contributed by atoms with Gasteiger partial charge in [0.25, 0.3) is 17.4 Å². The molecule has 2 aromatic heterocycles. The van der Waals surface area contributed by atoms with Crippen LogP contribution in [0.2, 0.25) is 0 Å². The molecule has 3 aromatic rings. The maximum atomic E-state index is 12.5. The van der Waals surface area contributed by atoms with Crippen LogP contribution in [0.5, 0.6) is 11.5 Å². The zero-order valence-corrected chi connectivity index (χ0v) is 14.2. The lowest BCUT2D eigenvalue weighted by atomic mass is 10.1. The van der Waals surface area contributed by atoms with Crippen molar-refractivity contribution in [1.82, 2.24) is 14.9 Å². The van der Waals surface area contributed by atoms with E-state index in [0.29, 0.717) is 22.7 Å². The summed E-state index contributed by atoms with van der Waals surface area (Å²) in [6.07, 6.45) is 3.23. The molecule has 4 rings (SSSR count). The van der Waals surface area contributed by atoms with Crippen molar-refractivity contribution in [3.8, 4) is 17.2 Å². The van der Waals surface area contributed by atoms with Gasteiger partial charge in [-0.3, -0.25) is 29.3 Å². The highest BCUT2D eigenvalue weighted by molar-refractivity contribution is 6.23. The Morgan fingerprint density at radius 2 is 1.89 bits per heavy atom. The highest BCUT2D eigenvalue weighted by Gasteiger charge is 2.32. The van der Waals surface area contributed by atoms with Gasteiger partial charge in [0.05, 0.1) is 23.0 Å². The highest BCUT2D eigenvalue weighted by atomic mass is 16.5. The number of pyridine rings is 2. The fraction of sp³-hybridized carbons (Fsp3) is 0.0526. The van der Waals surface area contributed by atoms with Crippen molar-refractivity contribution >= 4 is 17.6 Å². The van der Waals surface area contributed by atoms with E-state index in [1.54, 1.807) is 49.6 Å². The molecule has 0 fully saturated rings. The number of nitrogens with zero attached hydrogens (tertiary/aromatic N) is 2. The molecule has 2 amide bonds. The summed E-state index contributed by atoms with van der Waals surface area (Å²) < 4.78 is 6.93. The lowest BCUT2D eigenvalue weighted by Crippen LogP contribution is -2.24. The summed E-state index contributed by atoms with van der Waals surface area (Å²) in [6.45, 7) is 1.79. The largest absolute Gasteiger partial charge is 0.456 e. The van der Waals surface area contributed by atoms with E-state index in [1.807, 2.05) is 0 Å². The molecule has 1 aliphatic rings. The Morgan fingerprint density at radius 1 is 1.07 bits per heavy atom. The molecule has 8 heteroatoms. The average molecular weight is 362 g/mol. The molecular formula is C19H14N4O4.